The molecule has 0 aliphatic heterocycles. The summed E-state index contributed by atoms with van der Waals surface area (Å²) >= 11 is 3.22. The van der Waals surface area contributed by atoms with E-state index in [9.17, 15) is 4.39 Å². The maximum atomic E-state index is 13.7. The lowest BCUT2D eigenvalue weighted by Crippen LogP contribution is -1.96. The van der Waals surface area contributed by atoms with Crippen LogP contribution in [0.4, 0.5) is 10.2 Å². The molecule has 90 valence electrons. The summed E-state index contributed by atoms with van der Waals surface area (Å²) in [6.07, 6.45) is 0.639. The number of nitrogens with zero attached hydrogens (tertiary/aromatic N) is 2. The molecule has 0 aliphatic rings. The van der Waals surface area contributed by atoms with Crippen molar-refractivity contribution in [3.63, 3.8) is 0 Å². The molecule has 2 aromatic rings. The first-order valence-corrected chi connectivity index (χ1v) is 6.10. The van der Waals surface area contributed by atoms with E-state index in [0.29, 0.717) is 22.3 Å². The summed E-state index contributed by atoms with van der Waals surface area (Å²) in [5, 5.41) is 4.28. The fraction of sp³-hybridized carbons (Fsp3) is 0.250. The summed E-state index contributed by atoms with van der Waals surface area (Å²) < 4.78 is 15.7. The minimum atomic E-state index is -0.208. The smallest absolute Gasteiger partial charge is 0.140 e. The largest absolute Gasteiger partial charge is 0.384 e. The van der Waals surface area contributed by atoms with E-state index in [2.05, 4.69) is 21.0 Å². The van der Waals surface area contributed by atoms with Crippen molar-refractivity contribution in [1.82, 2.24) is 9.78 Å². The van der Waals surface area contributed by atoms with Gasteiger partial charge < -0.3 is 5.73 Å². The van der Waals surface area contributed by atoms with Crippen molar-refractivity contribution in [1.29, 1.82) is 0 Å². The zero-order valence-corrected chi connectivity index (χ0v) is 11.3. The lowest BCUT2D eigenvalue weighted by atomic mass is 10.1. The van der Waals surface area contributed by atoms with E-state index in [1.165, 1.54) is 0 Å². The zero-order valence-electron chi connectivity index (χ0n) is 9.67. The molecule has 3 nitrogen and oxygen atoms in total. The fourth-order valence-corrected chi connectivity index (χ4v) is 2.18. The van der Waals surface area contributed by atoms with Crippen molar-refractivity contribution < 1.29 is 4.39 Å². The van der Waals surface area contributed by atoms with Gasteiger partial charge in [-0.2, -0.15) is 5.10 Å². The Morgan fingerprint density at radius 2 is 2.12 bits per heavy atom. The molecule has 5 heteroatoms. The average molecular weight is 298 g/mol. The van der Waals surface area contributed by atoms with E-state index in [0.717, 1.165) is 11.3 Å². The number of hydrogen-bond donors (Lipinski definition) is 1. The normalized spacial score (nSPS) is 10.8. The van der Waals surface area contributed by atoms with Crippen LogP contribution in [0.5, 0.6) is 0 Å². The second kappa shape index (κ2) is 4.49. The lowest BCUT2D eigenvalue weighted by Gasteiger charge is -2.05. The van der Waals surface area contributed by atoms with Crippen molar-refractivity contribution in [3.8, 4) is 11.3 Å². The second-order valence-corrected chi connectivity index (χ2v) is 4.72. The Morgan fingerprint density at radius 1 is 1.41 bits per heavy atom. The Morgan fingerprint density at radius 3 is 2.65 bits per heavy atom. The third-order valence-electron chi connectivity index (χ3n) is 2.70. The van der Waals surface area contributed by atoms with Gasteiger partial charge in [-0.3, -0.25) is 4.68 Å². The molecule has 1 aromatic carbocycles. The van der Waals surface area contributed by atoms with Crippen molar-refractivity contribution >= 4 is 21.7 Å². The monoisotopic (exact) mass is 297 g/mol. The highest BCUT2D eigenvalue weighted by Crippen LogP contribution is 2.28. The molecule has 0 atom stereocenters. The van der Waals surface area contributed by atoms with Gasteiger partial charge in [0.25, 0.3) is 0 Å². The van der Waals surface area contributed by atoms with E-state index in [-0.39, 0.29) is 5.82 Å². The van der Waals surface area contributed by atoms with E-state index >= 15 is 0 Å². The highest BCUT2D eigenvalue weighted by atomic mass is 79.9. The molecule has 17 heavy (non-hydrogen) atoms. The minimum Gasteiger partial charge on any atom is -0.384 e. The number of halogens is 2. The van der Waals surface area contributed by atoms with Gasteiger partial charge in [0.1, 0.15) is 11.6 Å². The Kier molecular flexibility index (Phi) is 3.19. The summed E-state index contributed by atoms with van der Waals surface area (Å²) in [5.74, 6) is 0.374. The first-order valence-electron chi connectivity index (χ1n) is 5.30. The molecule has 0 spiro atoms. The van der Waals surface area contributed by atoms with Crippen LogP contribution in [0.15, 0.2) is 22.7 Å². The molecule has 0 saturated carbocycles. The van der Waals surface area contributed by atoms with E-state index in [4.69, 9.17) is 5.73 Å². The third-order valence-corrected chi connectivity index (χ3v) is 3.27. The maximum absolute atomic E-state index is 13.7. The number of nitrogens with two attached hydrogens (primary N) is 1. The highest BCUT2D eigenvalue weighted by Gasteiger charge is 2.11. The zero-order chi connectivity index (χ0) is 12.6. The SMILES string of the molecule is CCc1cc(-c2cc(N)n(C)n2)cc(Br)c1F. The van der Waals surface area contributed by atoms with Gasteiger partial charge in [0.15, 0.2) is 0 Å². The number of nitrogen functional groups attached to an aromatic ring is 1. The van der Waals surface area contributed by atoms with Crippen LogP contribution >= 0.6 is 15.9 Å². The summed E-state index contributed by atoms with van der Waals surface area (Å²) in [4.78, 5) is 0. The topological polar surface area (TPSA) is 43.8 Å². The molecule has 0 radical (unpaired) electrons. The van der Waals surface area contributed by atoms with Crippen LogP contribution in [0, 0.1) is 5.82 Å². The molecule has 2 N–H and O–H groups in total. The Balaban J connectivity index is 2.56. The molecule has 0 bridgehead atoms. The molecule has 1 heterocycles. The molecule has 1 aromatic heterocycles. The second-order valence-electron chi connectivity index (χ2n) is 3.86. The molecule has 0 saturated heterocycles. The summed E-state index contributed by atoms with van der Waals surface area (Å²) in [6, 6.07) is 5.30. The van der Waals surface area contributed by atoms with E-state index in [1.54, 1.807) is 23.9 Å². The minimum absolute atomic E-state index is 0.208. The quantitative estimate of drug-likeness (QED) is 0.925. The van der Waals surface area contributed by atoms with Crippen molar-refractivity contribution in [2.75, 3.05) is 5.73 Å². The first kappa shape index (κ1) is 12.1. The molecule has 2 rings (SSSR count). The Bertz CT molecular complexity index is 544. The molecular formula is C12H13BrFN3. The number of benzene rings is 1. The predicted molar refractivity (Wildman–Crippen MR) is 70.1 cm³/mol. The van der Waals surface area contributed by atoms with Crippen molar-refractivity contribution in [2.24, 2.45) is 7.05 Å². The number of aromatic nitrogens is 2. The van der Waals surface area contributed by atoms with Crippen LogP contribution < -0.4 is 5.73 Å². The van der Waals surface area contributed by atoms with Gasteiger partial charge in [-0.25, -0.2) is 4.39 Å². The van der Waals surface area contributed by atoms with Gasteiger partial charge in [0, 0.05) is 18.7 Å². The lowest BCUT2D eigenvalue weighted by molar-refractivity contribution is 0.606. The molecule has 0 fully saturated rings. The van der Waals surface area contributed by atoms with E-state index < -0.39 is 0 Å². The number of anilines is 1. The van der Waals surface area contributed by atoms with Crippen molar-refractivity contribution in [3.05, 3.63) is 34.1 Å². The summed E-state index contributed by atoms with van der Waals surface area (Å²) in [5.41, 5.74) is 8.01. The molecular weight excluding hydrogens is 285 g/mol. The maximum Gasteiger partial charge on any atom is 0.140 e. The van der Waals surface area contributed by atoms with Crippen LogP contribution in [0.3, 0.4) is 0 Å². The van der Waals surface area contributed by atoms with E-state index in [1.807, 2.05) is 13.0 Å². The van der Waals surface area contributed by atoms with Crippen LogP contribution in [-0.4, -0.2) is 9.78 Å². The summed E-state index contributed by atoms with van der Waals surface area (Å²) in [6.45, 7) is 1.92. The van der Waals surface area contributed by atoms with Crippen LogP contribution in [0.25, 0.3) is 11.3 Å². The van der Waals surface area contributed by atoms with Crippen molar-refractivity contribution in [2.45, 2.75) is 13.3 Å². The van der Waals surface area contributed by atoms with Gasteiger partial charge in [-0.15, -0.1) is 0 Å². The first-order chi connectivity index (χ1) is 8.02. The van der Waals surface area contributed by atoms with Gasteiger partial charge in [0.05, 0.1) is 10.2 Å². The van der Waals surface area contributed by atoms with Gasteiger partial charge in [-0.1, -0.05) is 6.92 Å². The third kappa shape index (κ3) is 2.20. The van der Waals surface area contributed by atoms with Gasteiger partial charge in [0.2, 0.25) is 0 Å². The number of rotatable bonds is 2. The van der Waals surface area contributed by atoms with Gasteiger partial charge >= 0.3 is 0 Å². The Labute approximate surface area is 108 Å². The van der Waals surface area contributed by atoms with Crippen LogP contribution in [-0.2, 0) is 13.5 Å². The highest BCUT2D eigenvalue weighted by molar-refractivity contribution is 9.10. The fourth-order valence-electron chi connectivity index (χ4n) is 1.67. The number of hydrogen-bond acceptors (Lipinski definition) is 2. The van der Waals surface area contributed by atoms with Crippen LogP contribution in [0.2, 0.25) is 0 Å². The molecule has 0 amide bonds. The summed E-state index contributed by atoms with van der Waals surface area (Å²) in [7, 11) is 1.78. The number of aryl methyl sites for hydroxylation is 2. The Hall–Kier alpha value is -1.36. The standard InChI is InChI=1S/C12H13BrFN3/c1-3-7-4-8(5-9(13)12(7)14)10-6-11(15)17(2)16-10/h4-6H,3,15H2,1-2H3. The van der Waals surface area contributed by atoms with Gasteiger partial charge in [-0.05, 0) is 40.0 Å². The average Bonchev–Trinajstić information content (AvgIpc) is 2.63. The van der Waals surface area contributed by atoms with Crippen LogP contribution in [0.1, 0.15) is 12.5 Å². The molecule has 0 aliphatic carbocycles. The predicted octanol–water partition coefficient (Wildman–Crippen LogP) is 3.13. The molecule has 0 unspecified atom stereocenters.